The Morgan fingerprint density at radius 1 is 1.16 bits per heavy atom. The minimum absolute atomic E-state index is 0.336. The van der Waals surface area contributed by atoms with Crippen LogP contribution < -0.4 is 24.8 Å². The van der Waals surface area contributed by atoms with E-state index in [0.29, 0.717) is 58.8 Å². The van der Waals surface area contributed by atoms with Gasteiger partial charge in [0.25, 0.3) is 0 Å². The Labute approximate surface area is 158 Å². The summed E-state index contributed by atoms with van der Waals surface area (Å²) in [7, 11) is 0. The van der Waals surface area contributed by atoms with E-state index in [0.717, 1.165) is 0 Å². The molecule has 25 heavy (non-hydrogen) atoms. The first-order valence-electron chi connectivity index (χ1n) is 7.64. The summed E-state index contributed by atoms with van der Waals surface area (Å²) in [6, 6.07) is 10.2. The Kier molecular flexibility index (Phi) is 5.88. The lowest BCUT2D eigenvalue weighted by atomic mass is 10.2. The first-order valence-corrected chi connectivity index (χ1v) is 8.81. The standard InChI is InChI=1S/C17H16BrClN2O4/c18-13-9-15-16(25-8-7-24-15)10-14(13)21-17(22)20-5-6-23-12-3-1-11(19)2-4-12/h1-4,9-10H,5-8H2,(H2,20,21,22). The van der Waals surface area contributed by atoms with Crippen LogP contribution in [0.4, 0.5) is 10.5 Å². The Morgan fingerprint density at radius 3 is 2.56 bits per heavy atom. The molecule has 2 aromatic carbocycles. The van der Waals surface area contributed by atoms with Crippen molar-refractivity contribution in [2.75, 3.05) is 31.7 Å². The highest BCUT2D eigenvalue weighted by molar-refractivity contribution is 9.10. The molecule has 0 saturated heterocycles. The molecular weight excluding hydrogens is 412 g/mol. The lowest BCUT2D eigenvalue weighted by molar-refractivity contribution is 0.171. The normalized spacial score (nSPS) is 12.4. The largest absolute Gasteiger partial charge is 0.492 e. The molecule has 1 aliphatic heterocycles. The van der Waals surface area contributed by atoms with Crippen LogP contribution in [0.25, 0.3) is 0 Å². The average Bonchev–Trinajstić information content (AvgIpc) is 2.61. The molecule has 1 aliphatic rings. The molecular formula is C17H16BrClN2O4. The highest BCUT2D eigenvalue weighted by Gasteiger charge is 2.16. The number of carbonyl (C=O) groups excluding carboxylic acids is 1. The monoisotopic (exact) mass is 426 g/mol. The lowest BCUT2D eigenvalue weighted by Crippen LogP contribution is -2.32. The van der Waals surface area contributed by atoms with Gasteiger partial charge < -0.3 is 24.8 Å². The molecule has 0 atom stereocenters. The first kappa shape index (κ1) is 17.7. The van der Waals surface area contributed by atoms with Crippen molar-refractivity contribution in [1.29, 1.82) is 0 Å². The van der Waals surface area contributed by atoms with Gasteiger partial charge in [0.1, 0.15) is 25.6 Å². The van der Waals surface area contributed by atoms with Gasteiger partial charge in [0.05, 0.1) is 12.2 Å². The molecule has 0 fully saturated rings. The fourth-order valence-corrected chi connectivity index (χ4v) is 2.74. The van der Waals surface area contributed by atoms with Crippen LogP contribution in [-0.2, 0) is 0 Å². The van der Waals surface area contributed by atoms with E-state index >= 15 is 0 Å². The van der Waals surface area contributed by atoms with E-state index in [9.17, 15) is 4.79 Å². The van der Waals surface area contributed by atoms with Crippen LogP contribution in [0.1, 0.15) is 0 Å². The number of ether oxygens (including phenoxy) is 3. The molecule has 0 bridgehead atoms. The van der Waals surface area contributed by atoms with Crippen LogP contribution in [0.5, 0.6) is 17.2 Å². The quantitative estimate of drug-likeness (QED) is 0.706. The number of rotatable bonds is 5. The van der Waals surface area contributed by atoms with Crippen molar-refractivity contribution >= 4 is 39.2 Å². The molecule has 1 heterocycles. The number of anilines is 1. The number of hydrogen-bond donors (Lipinski definition) is 2. The first-order chi connectivity index (χ1) is 12.1. The number of halogens is 2. The van der Waals surface area contributed by atoms with Gasteiger partial charge in [-0.15, -0.1) is 0 Å². The molecule has 0 spiro atoms. The minimum Gasteiger partial charge on any atom is -0.492 e. The molecule has 6 nitrogen and oxygen atoms in total. The topological polar surface area (TPSA) is 68.8 Å². The predicted octanol–water partition coefficient (Wildman–Crippen LogP) is 4.07. The Morgan fingerprint density at radius 2 is 1.84 bits per heavy atom. The van der Waals surface area contributed by atoms with E-state index in [1.807, 2.05) is 0 Å². The van der Waals surface area contributed by atoms with Gasteiger partial charge in [-0.05, 0) is 40.2 Å². The van der Waals surface area contributed by atoms with Gasteiger partial charge in [0.2, 0.25) is 0 Å². The molecule has 132 valence electrons. The molecule has 8 heteroatoms. The van der Waals surface area contributed by atoms with Gasteiger partial charge >= 0.3 is 6.03 Å². The zero-order chi connectivity index (χ0) is 17.6. The summed E-state index contributed by atoms with van der Waals surface area (Å²) in [5, 5.41) is 6.14. The number of nitrogens with one attached hydrogen (secondary N) is 2. The van der Waals surface area contributed by atoms with E-state index in [4.69, 9.17) is 25.8 Å². The van der Waals surface area contributed by atoms with Crippen molar-refractivity contribution in [2.45, 2.75) is 0 Å². The number of carbonyl (C=O) groups is 1. The second-order valence-corrected chi connectivity index (χ2v) is 6.45. The van der Waals surface area contributed by atoms with E-state index < -0.39 is 0 Å². The molecule has 0 saturated carbocycles. The molecule has 0 radical (unpaired) electrons. The van der Waals surface area contributed by atoms with Crippen molar-refractivity contribution < 1.29 is 19.0 Å². The van der Waals surface area contributed by atoms with Crippen molar-refractivity contribution in [3.63, 3.8) is 0 Å². The maximum Gasteiger partial charge on any atom is 0.319 e. The maximum atomic E-state index is 12.0. The zero-order valence-electron chi connectivity index (χ0n) is 13.2. The highest BCUT2D eigenvalue weighted by atomic mass is 79.9. The van der Waals surface area contributed by atoms with E-state index in [2.05, 4.69) is 26.6 Å². The highest BCUT2D eigenvalue weighted by Crippen LogP contribution is 2.38. The van der Waals surface area contributed by atoms with Gasteiger partial charge in [0, 0.05) is 21.6 Å². The number of urea groups is 1. The number of hydrogen-bond acceptors (Lipinski definition) is 4. The van der Waals surface area contributed by atoms with Gasteiger partial charge in [0.15, 0.2) is 11.5 Å². The van der Waals surface area contributed by atoms with Gasteiger partial charge in [-0.25, -0.2) is 4.79 Å². The van der Waals surface area contributed by atoms with E-state index in [1.165, 1.54) is 0 Å². The predicted molar refractivity (Wildman–Crippen MR) is 99.1 cm³/mol. The van der Waals surface area contributed by atoms with Crippen LogP contribution in [-0.4, -0.2) is 32.4 Å². The van der Waals surface area contributed by atoms with Crippen molar-refractivity contribution in [3.05, 3.63) is 45.9 Å². The summed E-state index contributed by atoms with van der Waals surface area (Å²) >= 11 is 9.22. The smallest absolute Gasteiger partial charge is 0.319 e. The second kappa shape index (κ2) is 8.31. The fourth-order valence-electron chi connectivity index (χ4n) is 2.19. The van der Waals surface area contributed by atoms with Crippen LogP contribution in [0.15, 0.2) is 40.9 Å². The summed E-state index contributed by atoms with van der Waals surface area (Å²) in [5.74, 6) is 1.96. The minimum atomic E-state index is -0.336. The zero-order valence-corrected chi connectivity index (χ0v) is 15.5. The van der Waals surface area contributed by atoms with Crippen LogP contribution in [0.2, 0.25) is 5.02 Å². The molecule has 0 aromatic heterocycles. The van der Waals surface area contributed by atoms with Crippen molar-refractivity contribution in [1.82, 2.24) is 5.32 Å². The third-order valence-corrected chi connectivity index (χ3v) is 4.26. The molecule has 2 N–H and O–H groups in total. The SMILES string of the molecule is O=C(NCCOc1ccc(Cl)cc1)Nc1cc2c(cc1Br)OCCO2. The number of fused-ring (bicyclic) bond motifs is 1. The summed E-state index contributed by atoms with van der Waals surface area (Å²) in [6.45, 7) is 1.70. The third-order valence-electron chi connectivity index (χ3n) is 3.35. The summed E-state index contributed by atoms with van der Waals surface area (Å²) in [6.07, 6.45) is 0. The summed E-state index contributed by atoms with van der Waals surface area (Å²) in [5.41, 5.74) is 0.598. The van der Waals surface area contributed by atoms with Crippen LogP contribution >= 0.6 is 27.5 Å². The van der Waals surface area contributed by atoms with Gasteiger partial charge in [-0.3, -0.25) is 0 Å². The molecule has 0 unspecified atom stereocenters. The average molecular weight is 428 g/mol. The van der Waals surface area contributed by atoms with E-state index in [1.54, 1.807) is 36.4 Å². The maximum absolute atomic E-state index is 12.0. The Hall–Kier alpha value is -2.12. The number of benzene rings is 2. The summed E-state index contributed by atoms with van der Waals surface area (Å²) in [4.78, 5) is 12.0. The van der Waals surface area contributed by atoms with Crippen molar-refractivity contribution in [2.24, 2.45) is 0 Å². The van der Waals surface area contributed by atoms with Crippen molar-refractivity contribution in [3.8, 4) is 17.2 Å². The Balaban J connectivity index is 1.47. The van der Waals surface area contributed by atoms with Crippen LogP contribution in [0, 0.1) is 0 Å². The third kappa shape index (κ3) is 4.93. The molecule has 2 amide bonds. The molecule has 3 rings (SSSR count). The molecule has 2 aromatic rings. The number of amides is 2. The summed E-state index contributed by atoms with van der Waals surface area (Å²) < 4.78 is 17.2. The second-order valence-electron chi connectivity index (χ2n) is 5.16. The molecule has 0 aliphatic carbocycles. The lowest BCUT2D eigenvalue weighted by Gasteiger charge is -2.20. The van der Waals surface area contributed by atoms with E-state index in [-0.39, 0.29) is 6.03 Å². The Bertz CT molecular complexity index is 755. The fraction of sp³-hybridized carbons (Fsp3) is 0.235. The van der Waals surface area contributed by atoms with Gasteiger partial charge in [-0.2, -0.15) is 0 Å². The van der Waals surface area contributed by atoms with Gasteiger partial charge in [-0.1, -0.05) is 11.6 Å². The van der Waals surface area contributed by atoms with Crippen LogP contribution in [0.3, 0.4) is 0 Å².